The van der Waals surface area contributed by atoms with Gasteiger partial charge in [-0.05, 0) is 74.3 Å². The highest BCUT2D eigenvalue weighted by Gasteiger charge is 2.31. The van der Waals surface area contributed by atoms with Gasteiger partial charge in [0, 0.05) is 36.6 Å². The van der Waals surface area contributed by atoms with Crippen LogP contribution in [0.25, 0.3) is 11.0 Å². The van der Waals surface area contributed by atoms with E-state index in [0.29, 0.717) is 66.9 Å². The molecule has 2 aromatic heterocycles. The Labute approximate surface area is 246 Å². The molecular formula is C30H31F3N8O2. The van der Waals surface area contributed by atoms with E-state index >= 15 is 0 Å². The molecule has 4 aromatic rings. The molecular weight excluding hydrogens is 561 g/mol. The molecule has 2 N–H and O–H groups in total. The van der Waals surface area contributed by atoms with Crippen molar-refractivity contribution < 1.29 is 22.7 Å². The van der Waals surface area contributed by atoms with E-state index in [-0.39, 0.29) is 11.3 Å². The van der Waals surface area contributed by atoms with Gasteiger partial charge in [-0.15, -0.1) is 0 Å². The van der Waals surface area contributed by atoms with Gasteiger partial charge in [-0.2, -0.15) is 13.2 Å². The summed E-state index contributed by atoms with van der Waals surface area (Å²) in [4.78, 5) is 35.3. The fourth-order valence-electron chi connectivity index (χ4n) is 5.30. The second kappa shape index (κ2) is 12.1. The standard InChI is InChI=1S/C30H31F3N8O2/c1-19-4-5-21(28(42)37-23-13-20(17-40-6-2-3-7-40)12-22(15-23)30(31,32)33)14-24(19)38-27-26-25(35-18-36-27)16-34-29(39-26)41-8-10-43-11-9-41/h4-5,12-16,18H,2-3,6-11,17H2,1H3,(H,37,42)(H,35,36,38). The summed E-state index contributed by atoms with van der Waals surface area (Å²) >= 11 is 0. The van der Waals surface area contributed by atoms with Crippen LogP contribution in [-0.2, 0) is 17.5 Å². The average Bonchev–Trinajstić information content (AvgIpc) is 3.51. The van der Waals surface area contributed by atoms with E-state index < -0.39 is 17.6 Å². The first-order valence-electron chi connectivity index (χ1n) is 14.2. The number of carbonyl (C=O) groups is 1. The minimum atomic E-state index is -4.53. The first kappa shape index (κ1) is 28.7. The Balaban J connectivity index is 1.25. The summed E-state index contributed by atoms with van der Waals surface area (Å²) in [7, 11) is 0. The number of amides is 1. The number of rotatable bonds is 7. The van der Waals surface area contributed by atoms with Crippen molar-refractivity contribution in [3.8, 4) is 0 Å². The molecule has 6 rings (SSSR count). The van der Waals surface area contributed by atoms with Crippen LogP contribution in [0.3, 0.4) is 0 Å². The third kappa shape index (κ3) is 6.67. The zero-order valence-corrected chi connectivity index (χ0v) is 23.6. The van der Waals surface area contributed by atoms with E-state index in [1.165, 1.54) is 6.33 Å². The Morgan fingerprint density at radius 2 is 1.79 bits per heavy atom. The summed E-state index contributed by atoms with van der Waals surface area (Å²) in [6.07, 6.45) is 0.566. The summed E-state index contributed by atoms with van der Waals surface area (Å²) in [6, 6.07) is 8.77. The zero-order chi connectivity index (χ0) is 30.0. The molecule has 2 aromatic carbocycles. The van der Waals surface area contributed by atoms with Crippen LogP contribution in [0.5, 0.6) is 0 Å². The molecule has 2 fully saturated rings. The molecule has 43 heavy (non-hydrogen) atoms. The van der Waals surface area contributed by atoms with Crippen LogP contribution in [0.15, 0.2) is 48.9 Å². The summed E-state index contributed by atoms with van der Waals surface area (Å²) in [6.45, 7) is 6.48. The van der Waals surface area contributed by atoms with Crippen molar-refractivity contribution in [3.05, 3.63) is 71.2 Å². The van der Waals surface area contributed by atoms with Crippen molar-refractivity contribution in [2.45, 2.75) is 32.5 Å². The highest BCUT2D eigenvalue weighted by atomic mass is 19.4. The largest absolute Gasteiger partial charge is 0.416 e. The smallest absolute Gasteiger partial charge is 0.378 e. The van der Waals surface area contributed by atoms with Gasteiger partial charge in [0.2, 0.25) is 5.95 Å². The summed E-state index contributed by atoms with van der Waals surface area (Å²) in [5.74, 6) is 0.453. The van der Waals surface area contributed by atoms with Gasteiger partial charge in [0.25, 0.3) is 5.91 Å². The van der Waals surface area contributed by atoms with E-state index in [1.54, 1.807) is 30.5 Å². The van der Waals surface area contributed by atoms with Crippen molar-refractivity contribution in [1.82, 2.24) is 24.8 Å². The van der Waals surface area contributed by atoms with Crippen molar-refractivity contribution in [3.63, 3.8) is 0 Å². The minimum absolute atomic E-state index is 0.0956. The molecule has 13 heteroatoms. The Morgan fingerprint density at radius 3 is 2.56 bits per heavy atom. The van der Waals surface area contributed by atoms with Crippen LogP contribution in [0, 0.1) is 6.92 Å². The summed E-state index contributed by atoms with van der Waals surface area (Å²) in [5, 5.41) is 5.94. The quantitative estimate of drug-likeness (QED) is 0.300. The fraction of sp³-hybridized carbons (Fsp3) is 0.367. The Kier molecular flexibility index (Phi) is 8.08. The van der Waals surface area contributed by atoms with Crippen molar-refractivity contribution >= 4 is 40.1 Å². The number of ether oxygens (including phenoxy) is 1. The van der Waals surface area contributed by atoms with Gasteiger partial charge in [0.1, 0.15) is 17.4 Å². The number of alkyl halides is 3. The normalized spacial score (nSPS) is 16.0. The second-order valence-corrected chi connectivity index (χ2v) is 10.7. The highest BCUT2D eigenvalue weighted by molar-refractivity contribution is 6.05. The number of morpholine rings is 1. The van der Waals surface area contributed by atoms with Crippen molar-refractivity contribution in [2.24, 2.45) is 0 Å². The maximum absolute atomic E-state index is 13.7. The van der Waals surface area contributed by atoms with Crippen LogP contribution >= 0.6 is 0 Å². The van der Waals surface area contributed by atoms with E-state index in [2.05, 4.69) is 30.5 Å². The van der Waals surface area contributed by atoms with E-state index in [0.717, 1.165) is 43.6 Å². The van der Waals surface area contributed by atoms with Crippen LogP contribution in [0.1, 0.15) is 39.9 Å². The molecule has 0 saturated carbocycles. The van der Waals surface area contributed by atoms with Gasteiger partial charge in [0.05, 0.1) is 25.0 Å². The molecule has 0 spiro atoms. The number of fused-ring (bicyclic) bond motifs is 1. The SMILES string of the molecule is Cc1ccc(C(=O)Nc2cc(CN3CCCC3)cc(C(F)(F)F)c2)cc1Nc1ncnc2cnc(N3CCOCC3)nc12. The molecule has 0 unspecified atom stereocenters. The van der Waals surface area contributed by atoms with Crippen molar-refractivity contribution in [2.75, 3.05) is 54.9 Å². The van der Waals surface area contributed by atoms with E-state index in [9.17, 15) is 18.0 Å². The number of carbonyl (C=O) groups excluding carboxylic acids is 1. The number of aromatic nitrogens is 4. The highest BCUT2D eigenvalue weighted by Crippen LogP contribution is 2.33. The van der Waals surface area contributed by atoms with Gasteiger partial charge in [-0.1, -0.05) is 6.07 Å². The molecule has 1 amide bonds. The minimum Gasteiger partial charge on any atom is -0.378 e. The Hall–Kier alpha value is -4.36. The number of hydrogen-bond acceptors (Lipinski definition) is 9. The second-order valence-electron chi connectivity index (χ2n) is 10.7. The van der Waals surface area contributed by atoms with Crippen LogP contribution in [0.2, 0.25) is 0 Å². The van der Waals surface area contributed by atoms with Crippen molar-refractivity contribution in [1.29, 1.82) is 0 Å². The number of anilines is 4. The first-order valence-corrected chi connectivity index (χ1v) is 14.2. The molecule has 2 saturated heterocycles. The van der Waals surface area contributed by atoms with Gasteiger partial charge in [-0.3, -0.25) is 9.69 Å². The fourth-order valence-corrected chi connectivity index (χ4v) is 5.30. The molecule has 4 heterocycles. The van der Waals surface area contributed by atoms with Gasteiger partial charge < -0.3 is 20.3 Å². The maximum Gasteiger partial charge on any atom is 0.416 e. The van der Waals surface area contributed by atoms with Gasteiger partial charge >= 0.3 is 6.18 Å². The molecule has 224 valence electrons. The third-order valence-electron chi connectivity index (χ3n) is 7.59. The van der Waals surface area contributed by atoms with Crippen LogP contribution in [0.4, 0.5) is 36.3 Å². The number of halogens is 3. The lowest BCUT2D eigenvalue weighted by molar-refractivity contribution is -0.137. The number of nitrogens with zero attached hydrogens (tertiary/aromatic N) is 6. The molecule has 10 nitrogen and oxygen atoms in total. The first-order chi connectivity index (χ1) is 20.7. The lowest BCUT2D eigenvalue weighted by atomic mass is 10.1. The monoisotopic (exact) mass is 592 g/mol. The van der Waals surface area contributed by atoms with Gasteiger partial charge in [-0.25, -0.2) is 19.9 Å². The van der Waals surface area contributed by atoms with E-state index in [4.69, 9.17) is 9.72 Å². The number of likely N-dealkylation sites (tertiary alicyclic amines) is 1. The van der Waals surface area contributed by atoms with Crippen LogP contribution in [-0.4, -0.2) is 70.1 Å². The molecule has 0 radical (unpaired) electrons. The lowest BCUT2D eigenvalue weighted by Gasteiger charge is -2.26. The molecule has 0 bridgehead atoms. The maximum atomic E-state index is 13.7. The zero-order valence-electron chi connectivity index (χ0n) is 23.6. The number of hydrogen-bond donors (Lipinski definition) is 2. The molecule has 2 aliphatic heterocycles. The lowest BCUT2D eigenvalue weighted by Crippen LogP contribution is -2.37. The third-order valence-corrected chi connectivity index (χ3v) is 7.59. The summed E-state index contributed by atoms with van der Waals surface area (Å²) in [5.41, 5.74) is 2.58. The Bertz CT molecular complexity index is 1640. The van der Waals surface area contributed by atoms with Gasteiger partial charge in [0.15, 0.2) is 5.82 Å². The number of benzene rings is 2. The molecule has 2 aliphatic rings. The average molecular weight is 593 g/mol. The molecule has 0 aliphatic carbocycles. The predicted octanol–water partition coefficient (Wildman–Crippen LogP) is 5.18. The van der Waals surface area contributed by atoms with E-state index in [1.807, 2.05) is 11.8 Å². The van der Waals surface area contributed by atoms with Crippen LogP contribution < -0.4 is 15.5 Å². The topological polar surface area (TPSA) is 108 Å². The molecule has 0 atom stereocenters. The number of nitrogens with one attached hydrogen (secondary N) is 2. The summed E-state index contributed by atoms with van der Waals surface area (Å²) < 4.78 is 46.5. The number of aryl methyl sites for hydroxylation is 1. The predicted molar refractivity (Wildman–Crippen MR) is 157 cm³/mol. The Morgan fingerprint density at radius 1 is 1.00 bits per heavy atom.